The summed E-state index contributed by atoms with van der Waals surface area (Å²) >= 11 is 12.0. The molecular weight excluding hydrogens is 387 g/mol. The average Bonchev–Trinajstić information content (AvgIpc) is 2.67. The van der Waals surface area contributed by atoms with Crippen LogP contribution in [0.15, 0.2) is 42.5 Å². The molecule has 3 rings (SSSR count). The van der Waals surface area contributed by atoms with Crippen molar-refractivity contribution in [2.75, 3.05) is 33.3 Å². The largest absolute Gasteiger partial charge is 0.496 e. The third-order valence-corrected chi connectivity index (χ3v) is 5.00. The van der Waals surface area contributed by atoms with Crippen molar-refractivity contribution in [1.29, 1.82) is 0 Å². The summed E-state index contributed by atoms with van der Waals surface area (Å²) < 4.78 is 5.31. The van der Waals surface area contributed by atoms with E-state index in [0.717, 1.165) is 5.56 Å². The summed E-state index contributed by atoms with van der Waals surface area (Å²) in [7, 11) is 1.59. The highest BCUT2D eigenvalue weighted by molar-refractivity contribution is 6.35. The standard InChI is InChI=1S/C20H20Cl2N2O3/c1-27-18-5-3-2-4-14(18)12-19(25)23-6-8-24(9-7-23)20(26)15-10-16(21)13-17(22)11-15/h2-5,10-11,13H,6-9,12H2,1H3. The molecule has 1 fully saturated rings. The van der Waals surface area contributed by atoms with Gasteiger partial charge in [0.15, 0.2) is 0 Å². The van der Waals surface area contributed by atoms with E-state index in [1.165, 1.54) is 0 Å². The Bertz CT molecular complexity index is 829. The molecule has 0 radical (unpaired) electrons. The van der Waals surface area contributed by atoms with Gasteiger partial charge in [0.25, 0.3) is 5.91 Å². The number of amides is 2. The molecule has 2 amide bonds. The summed E-state index contributed by atoms with van der Waals surface area (Å²) in [6.07, 6.45) is 0.280. The summed E-state index contributed by atoms with van der Waals surface area (Å²) in [6, 6.07) is 12.3. The number of ether oxygens (including phenoxy) is 1. The average molecular weight is 407 g/mol. The molecule has 2 aromatic rings. The summed E-state index contributed by atoms with van der Waals surface area (Å²) in [4.78, 5) is 28.7. The monoisotopic (exact) mass is 406 g/mol. The molecule has 142 valence electrons. The Labute approximate surface area is 168 Å². The number of carbonyl (C=O) groups is 2. The minimum Gasteiger partial charge on any atom is -0.496 e. The van der Waals surface area contributed by atoms with Crippen LogP contribution in [0.4, 0.5) is 0 Å². The van der Waals surface area contributed by atoms with Crippen LogP contribution in [0.2, 0.25) is 10.0 Å². The Balaban J connectivity index is 1.59. The molecule has 1 aliphatic rings. The first-order valence-corrected chi connectivity index (χ1v) is 9.38. The van der Waals surface area contributed by atoms with Crippen LogP contribution in [-0.2, 0) is 11.2 Å². The summed E-state index contributed by atoms with van der Waals surface area (Å²) in [5.41, 5.74) is 1.32. The Morgan fingerprint density at radius 2 is 1.56 bits per heavy atom. The van der Waals surface area contributed by atoms with Crippen LogP contribution in [0.5, 0.6) is 5.75 Å². The molecule has 0 bridgehead atoms. The molecule has 0 N–H and O–H groups in total. The second-order valence-electron chi connectivity index (χ2n) is 6.32. The molecule has 1 heterocycles. The lowest BCUT2D eigenvalue weighted by Gasteiger charge is -2.35. The maximum Gasteiger partial charge on any atom is 0.254 e. The smallest absolute Gasteiger partial charge is 0.254 e. The Kier molecular flexibility index (Phi) is 6.24. The van der Waals surface area contributed by atoms with Crippen molar-refractivity contribution in [3.8, 4) is 5.75 Å². The van der Waals surface area contributed by atoms with E-state index in [1.54, 1.807) is 35.1 Å². The first-order valence-electron chi connectivity index (χ1n) is 8.63. The van der Waals surface area contributed by atoms with Crippen LogP contribution in [0.1, 0.15) is 15.9 Å². The van der Waals surface area contributed by atoms with Gasteiger partial charge in [-0.15, -0.1) is 0 Å². The van der Waals surface area contributed by atoms with Crippen molar-refractivity contribution < 1.29 is 14.3 Å². The van der Waals surface area contributed by atoms with Crippen molar-refractivity contribution in [3.63, 3.8) is 0 Å². The number of halogens is 2. The van der Waals surface area contributed by atoms with Gasteiger partial charge in [0.05, 0.1) is 13.5 Å². The van der Waals surface area contributed by atoms with Gasteiger partial charge in [-0.05, 0) is 24.3 Å². The van der Waals surface area contributed by atoms with E-state index in [0.29, 0.717) is 47.5 Å². The minimum atomic E-state index is -0.128. The van der Waals surface area contributed by atoms with Gasteiger partial charge < -0.3 is 14.5 Å². The minimum absolute atomic E-state index is 0.0254. The van der Waals surface area contributed by atoms with Gasteiger partial charge in [0, 0.05) is 47.4 Å². The molecule has 1 saturated heterocycles. The molecule has 0 atom stereocenters. The van der Waals surface area contributed by atoms with Crippen LogP contribution < -0.4 is 4.74 Å². The first kappa shape index (κ1) is 19.5. The van der Waals surface area contributed by atoms with Gasteiger partial charge in [-0.2, -0.15) is 0 Å². The Morgan fingerprint density at radius 3 is 2.19 bits per heavy atom. The molecule has 1 aliphatic heterocycles. The number of para-hydroxylation sites is 1. The highest BCUT2D eigenvalue weighted by Crippen LogP contribution is 2.22. The Hall–Kier alpha value is -2.24. The number of benzene rings is 2. The molecular formula is C20H20Cl2N2O3. The number of methoxy groups -OCH3 is 1. The summed E-state index contributed by atoms with van der Waals surface area (Å²) in [5.74, 6) is 0.603. The number of carbonyl (C=O) groups excluding carboxylic acids is 2. The number of hydrogen-bond donors (Lipinski definition) is 0. The third kappa shape index (κ3) is 4.73. The molecule has 2 aromatic carbocycles. The van der Waals surface area contributed by atoms with E-state index in [-0.39, 0.29) is 18.2 Å². The van der Waals surface area contributed by atoms with Crippen molar-refractivity contribution >= 4 is 35.0 Å². The fourth-order valence-electron chi connectivity index (χ4n) is 3.14. The highest BCUT2D eigenvalue weighted by atomic mass is 35.5. The fraction of sp³-hybridized carbons (Fsp3) is 0.300. The SMILES string of the molecule is COc1ccccc1CC(=O)N1CCN(C(=O)c2cc(Cl)cc(Cl)c2)CC1. The fourth-order valence-corrected chi connectivity index (χ4v) is 3.67. The zero-order chi connectivity index (χ0) is 19.4. The lowest BCUT2D eigenvalue weighted by atomic mass is 10.1. The third-order valence-electron chi connectivity index (χ3n) is 4.56. The van der Waals surface area contributed by atoms with Gasteiger partial charge >= 0.3 is 0 Å². The van der Waals surface area contributed by atoms with Gasteiger partial charge in [-0.3, -0.25) is 9.59 Å². The molecule has 0 saturated carbocycles. The van der Waals surface area contributed by atoms with Crippen LogP contribution in [-0.4, -0.2) is 54.9 Å². The van der Waals surface area contributed by atoms with Gasteiger partial charge in [-0.1, -0.05) is 41.4 Å². The summed E-state index contributed by atoms with van der Waals surface area (Å²) in [6.45, 7) is 1.93. The highest BCUT2D eigenvalue weighted by Gasteiger charge is 2.25. The second-order valence-corrected chi connectivity index (χ2v) is 7.19. The lowest BCUT2D eigenvalue weighted by Crippen LogP contribution is -2.51. The van der Waals surface area contributed by atoms with Crippen LogP contribution in [0.25, 0.3) is 0 Å². The molecule has 27 heavy (non-hydrogen) atoms. The maximum atomic E-state index is 12.6. The zero-order valence-corrected chi connectivity index (χ0v) is 16.5. The molecule has 7 heteroatoms. The number of nitrogens with zero attached hydrogens (tertiary/aromatic N) is 2. The van der Waals surface area contributed by atoms with E-state index in [9.17, 15) is 9.59 Å². The molecule has 0 aromatic heterocycles. The molecule has 5 nitrogen and oxygen atoms in total. The maximum absolute atomic E-state index is 12.6. The van der Waals surface area contributed by atoms with E-state index in [4.69, 9.17) is 27.9 Å². The van der Waals surface area contributed by atoms with E-state index in [2.05, 4.69) is 0 Å². The topological polar surface area (TPSA) is 49.9 Å². The quantitative estimate of drug-likeness (QED) is 0.779. The van der Waals surface area contributed by atoms with Crippen LogP contribution in [0.3, 0.4) is 0 Å². The summed E-state index contributed by atoms with van der Waals surface area (Å²) in [5, 5.41) is 0.855. The van der Waals surface area contributed by atoms with E-state index in [1.807, 2.05) is 24.3 Å². The number of rotatable bonds is 4. The second kappa shape index (κ2) is 8.63. The van der Waals surface area contributed by atoms with Crippen LogP contribution >= 0.6 is 23.2 Å². The molecule has 0 spiro atoms. The number of hydrogen-bond acceptors (Lipinski definition) is 3. The van der Waals surface area contributed by atoms with Crippen molar-refractivity contribution in [2.24, 2.45) is 0 Å². The molecule has 0 unspecified atom stereocenters. The number of piperazine rings is 1. The van der Waals surface area contributed by atoms with Gasteiger partial charge in [0.1, 0.15) is 5.75 Å². The van der Waals surface area contributed by atoms with Crippen molar-refractivity contribution in [3.05, 3.63) is 63.6 Å². The van der Waals surface area contributed by atoms with E-state index < -0.39 is 0 Å². The first-order chi connectivity index (χ1) is 13.0. The predicted octanol–water partition coefficient (Wildman–Crippen LogP) is 3.53. The zero-order valence-electron chi connectivity index (χ0n) is 15.0. The predicted molar refractivity (Wildman–Crippen MR) is 106 cm³/mol. The van der Waals surface area contributed by atoms with Crippen molar-refractivity contribution in [2.45, 2.75) is 6.42 Å². The van der Waals surface area contributed by atoms with E-state index >= 15 is 0 Å². The van der Waals surface area contributed by atoms with Crippen LogP contribution in [0, 0.1) is 0 Å². The molecule has 0 aliphatic carbocycles. The Morgan fingerprint density at radius 1 is 0.963 bits per heavy atom. The van der Waals surface area contributed by atoms with Crippen molar-refractivity contribution in [1.82, 2.24) is 9.80 Å². The van der Waals surface area contributed by atoms with Gasteiger partial charge in [0.2, 0.25) is 5.91 Å². The normalized spacial score (nSPS) is 14.2. The lowest BCUT2D eigenvalue weighted by molar-refractivity contribution is -0.131. The van der Waals surface area contributed by atoms with Gasteiger partial charge in [-0.25, -0.2) is 0 Å².